The molecule has 3 nitrogen and oxygen atoms in total. The highest BCUT2D eigenvalue weighted by Crippen LogP contribution is 2.19. The molecular formula is C11H14ClF2NO2. The van der Waals surface area contributed by atoms with Gasteiger partial charge in [-0.25, -0.2) is 13.6 Å². The molecule has 0 aliphatic rings. The Kier molecular flexibility index (Phi) is 6.68. The van der Waals surface area contributed by atoms with E-state index in [2.05, 4.69) is 4.74 Å². The summed E-state index contributed by atoms with van der Waals surface area (Å²) in [6.07, 6.45) is -2.89. The molecule has 1 rings (SSSR count). The van der Waals surface area contributed by atoms with E-state index in [0.717, 1.165) is 0 Å². The highest BCUT2D eigenvalue weighted by atomic mass is 35.5. The average Bonchev–Trinajstić information content (AvgIpc) is 2.27. The molecule has 0 aromatic heterocycles. The Balaban J connectivity index is 0.00000256. The van der Waals surface area contributed by atoms with Gasteiger partial charge >= 0.3 is 5.97 Å². The summed E-state index contributed by atoms with van der Waals surface area (Å²) < 4.78 is 28.8. The molecule has 0 spiro atoms. The Bertz CT molecular complexity index is 374. The van der Waals surface area contributed by atoms with Crippen LogP contribution in [-0.4, -0.2) is 19.5 Å². The Morgan fingerprint density at radius 2 is 2.12 bits per heavy atom. The molecule has 0 heterocycles. The number of ether oxygens (including phenoxy) is 1. The average molecular weight is 266 g/mol. The maximum absolute atomic E-state index is 12.1. The summed E-state index contributed by atoms with van der Waals surface area (Å²) in [6, 6.07) is 5.44. The number of carbonyl (C=O) groups is 1. The molecule has 0 aliphatic carbocycles. The van der Waals surface area contributed by atoms with Gasteiger partial charge in [0.15, 0.2) is 0 Å². The van der Waals surface area contributed by atoms with Crippen LogP contribution < -0.4 is 5.73 Å². The number of carbonyl (C=O) groups excluding carboxylic acids is 1. The summed E-state index contributed by atoms with van der Waals surface area (Å²) >= 11 is 0. The maximum Gasteiger partial charge on any atom is 0.337 e. The van der Waals surface area contributed by atoms with Crippen LogP contribution in [0.1, 0.15) is 28.4 Å². The van der Waals surface area contributed by atoms with Crippen molar-refractivity contribution < 1.29 is 18.3 Å². The quantitative estimate of drug-likeness (QED) is 0.851. The minimum Gasteiger partial charge on any atom is -0.465 e. The van der Waals surface area contributed by atoms with Crippen molar-refractivity contribution in [2.45, 2.75) is 18.9 Å². The van der Waals surface area contributed by atoms with Crippen LogP contribution in [0.5, 0.6) is 0 Å². The fourth-order valence-corrected chi connectivity index (χ4v) is 1.34. The monoisotopic (exact) mass is 265 g/mol. The lowest BCUT2D eigenvalue weighted by molar-refractivity contribution is 0.0600. The minimum atomic E-state index is -2.46. The van der Waals surface area contributed by atoms with Crippen LogP contribution in [0.15, 0.2) is 24.3 Å². The lowest BCUT2D eigenvalue weighted by atomic mass is 10.0. The van der Waals surface area contributed by atoms with Crippen LogP contribution in [0.4, 0.5) is 8.78 Å². The first-order valence-electron chi connectivity index (χ1n) is 4.76. The predicted molar refractivity (Wildman–Crippen MR) is 62.6 cm³/mol. The van der Waals surface area contributed by atoms with E-state index in [9.17, 15) is 13.6 Å². The summed E-state index contributed by atoms with van der Waals surface area (Å²) in [5, 5.41) is 0. The fraction of sp³-hybridized carbons (Fsp3) is 0.364. The maximum atomic E-state index is 12.1. The lowest BCUT2D eigenvalue weighted by Crippen LogP contribution is -2.14. The summed E-state index contributed by atoms with van der Waals surface area (Å²) in [6.45, 7) is 0. The molecule has 2 N–H and O–H groups in total. The fourth-order valence-electron chi connectivity index (χ4n) is 1.34. The van der Waals surface area contributed by atoms with Crippen LogP contribution in [0.2, 0.25) is 0 Å². The third-order valence-corrected chi connectivity index (χ3v) is 2.17. The first kappa shape index (κ1) is 15.8. The van der Waals surface area contributed by atoms with Gasteiger partial charge < -0.3 is 10.5 Å². The second-order valence-corrected chi connectivity index (χ2v) is 3.35. The van der Waals surface area contributed by atoms with E-state index in [1.165, 1.54) is 13.2 Å². The van der Waals surface area contributed by atoms with Gasteiger partial charge in [0.25, 0.3) is 0 Å². The first-order chi connectivity index (χ1) is 7.54. The van der Waals surface area contributed by atoms with Crippen molar-refractivity contribution >= 4 is 18.4 Å². The number of methoxy groups -OCH3 is 1. The molecule has 6 heteroatoms. The Labute approximate surface area is 104 Å². The number of hydrogen-bond acceptors (Lipinski definition) is 3. The van der Waals surface area contributed by atoms with E-state index in [-0.39, 0.29) is 12.4 Å². The predicted octanol–water partition coefficient (Wildman–Crippen LogP) is 2.55. The second-order valence-electron chi connectivity index (χ2n) is 3.35. The van der Waals surface area contributed by atoms with Crippen molar-refractivity contribution in [2.75, 3.05) is 7.11 Å². The molecule has 1 aromatic rings. The van der Waals surface area contributed by atoms with E-state index in [1.54, 1.807) is 18.2 Å². The van der Waals surface area contributed by atoms with Gasteiger partial charge in [-0.05, 0) is 17.7 Å². The molecule has 0 aliphatic heterocycles. The van der Waals surface area contributed by atoms with Gasteiger partial charge in [0.05, 0.1) is 12.7 Å². The van der Waals surface area contributed by atoms with Crippen molar-refractivity contribution in [3.63, 3.8) is 0 Å². The van der Waals surface area contributed by atoms with Crippen molar-refractivity contribution in [1.82, 2.24) is 0 Å². The van der Waals surface area contributed by atoms with Gasteiger partial charge in [-0.1, -0.05) is 12.1 Å². The molecule has 0 radical (unpaired) electrons. The molecule has 96 valence electrons. The van der Waals surface area contributed by atoms with E-state index >= 15 is 0 Å². The molecule has 0 amide bonds. The highest BCUT2D eigenvalue weighted by Gasteiger charge is 2.14. The van der Waals surface area contributed by atoms with Crippen LogP contribution in [-0.2, 0) is 4.74 Å². The summed E-state index contributed by atoms with van der Waals surface area (Å²) in [5.74, 6) is -0.508. The minimum absolute atomic E-state index is 0. The van der Waals surface area contributed by atoms with Gasteiger partial charge in [-0.15, -0.1) is 12.4 Å². The number of benzene rings is 1. The standard InChI is InChI=1S/C11H13F2NO2.ClH/c1-16-11(15)8-4-2-3-7(5-8)9(14)6-10(12)13;/h2-5,9-10H,6,14H2,1H3;1H/t9-;/m0./s1. The van der Waals surface area contributed by atoms with Gasteiger partial charge in [0.2, 0.25) is 6.43 Å². The van der Waals surface area contributed by atoms with Crippen molar-refractivity contribution in [3.05, 3.63) is 35.4 Å². The molecular weight excluding hydrogens is 252 g/mol. The number of esters is 1. The Morgan fingerprint density at radius 3 is 2.65 bits per heavy atom. The lowest BCUT2D eigenvalue weighted by Gasteiger charge is -2.12. The topological polar surface area (TPSA) is 52.3 Å². The van der Waals surface area contributed by atoms with Crippen molar-refractivity contribution in [2.24, 2.45) is 5.73 Å². The molecule has 17 heavy (non-hydrogen) atoms. The first-order valence-corrected chi connectivity index (χ1v) is 4.76. The molecule has 1 aromatic carbocycles. The van der Waals surface area contributed by atoms with E-state index in [4.69, 9.17) is 5.73 Å². The Morgan fingerprint density at radius 1 is 1.47 bits per heavy atom. The van der Waals surface area contributed by atoms with Crippen LogP contribution in [0.3, 0.4) is 0 Å². The van der Waals surface area contributed by atoms with Gasteiger partial charge in [-0.3, -0.25) is 0 Å². The number of alkyl halides is 2. The number of hydrogen-bond donors (Lipinski definition) is 1. The molecule has 0 unspecified atom stereocenters. The molecule has 1 atom stereocenters. The van der Waals surface area contributed by atoms with Gasteiger partial charge in [0.1, 0.15) is 0 Å². The van der Waals surface area contributed by atoms with Crippen LogP contribution in [0.25, 0.3) is 0 Å². The van der Waals surface area contributed by atoms with Crippen LogP contribution in [0, 0.1) is 0 Å². The highest BCUT2D eigenvalue weighted by molar-refractivity contribution is 5.89. The van der Waals surface area contributed by atoms with Crippen molar-refractivity contribution in [3.8, 4) is 0 Å². The molecule has 0 saturated carbocycles. The van der Waals surface area contributed by atoms with Gasteiger partial charge in [-0.2, -0.15) is 0 Å². The summed E-state index contributed by atoms with van der Waals surface area (Å²) in [7, 11) is 1.26. The zero-order valence-corrected chi connectivity index (χ0v) is 10.0. The van der Waals surface area contributed by atoms with E-state index in [0.29, 0.717) is 11.1 Å². The summed E-state index contributed by atoms with van der Waals surface area (Å²) in [5.41, 5.74) is 6.39. The normalized spacial score (nSPS) is 11.8. The van der Waals surface area contributed by atoms with Gasteiger partial charge in [0, 0.05) is 12.5 Å². The molecule has 0 bridgehead atoms. The molecule has 0 saturated heterocycles. The largest absolute Gasteiger partial charge is 0.465 e. The Hall–Kier alpha value is -1.20. The number of nitrogens with two attached hydrogens (primary N) is 1. The van der Waals surface area contributed by atoms with Crippen LogP contribution >= 0.6 is 12.4 Å². The smallest absolute Gasteiger partial charge is 0.337 e. The SMILES string of the molecule is COC(=O)c1cccc([C@@H](N)CC(F)F)c1.Cl. The molecule has 0 fully saturated rings. The zero-order valence-electron chi connectivity index (χ0n) is 9.23. The van der Waals surface area contributed by atoms with E-state index < -0.39 is 24.9 Å². The number of halogens is 3. The summed E-state index contributed by atoms with van der Waals surface area (Å²) in [4.78, 5) is 11.2. The number of rotatable bonds is 4. The van der Waals surface area contributed by atoms with E-state index in [1.807, 2.05) is 0 Å². The zero-order chi connectivity index (χ0) is 12.1. The third-order valence-electron chi connectivity index (χ3n) is 2.17. The van der Waals surface area contributed by atoms with Crippen molar-refractivity contribution in [1.29, 1.82) is 0 Å². The second kappa shape index (κ2) is 7.19. The third kappa shape index (κ3) is 4.66.